The maximum Gasteiger partial charge on any atom is 0.263 e. The van der Waals surface area contributed by atoms with E-state index in [-0.39, 0.29) is 37.9 Å². The fourth-order valence-corrected chi connectivity index (χ4v) is 5.93. The van der Waals surface area contributed by atoms with Crippen molar-refractivity contribution in [2.24, 2.45) is 0 Å². The van der Waals surface area contributed by atoms with Gasteiger partial charge >= 0.3 is 0 Å². The van der Waals surface area contributed by atoms with Gasteiger partial charge < -0.3 is 11.1 Å². The first kappa shape index (κ1) is 26.9. The molecule has 1 amide bonds. The standard InChI is InChI=1S/C22H22N8O3S3/c1-11(2)18-16(9-23)19(25)27-21(17(18)10-24)34-12(3)20(31)26-14-5-7-15(8-6-14)36(32,33)30-22-29-28-13(4)35-22/h5-8,11-12H,1-4H3,(H2,25,27)(H,26,31)(H,29,30). The van der Waals surface area contributed by atoms with Gasteiger partial charge in [-0.3, -0.25) is 9.52 Å². The number of carbonyl (C=O) groups is 1. The average Bonchev–Trinajstić information content (AvgIpc) is 3.22. The lowest BCUT2D eigenvalue weighted by atomic mass is 9.94. The van der Waals surface area contributed by atoms with Gasteiger partial charge in [0, 0.05) is 5.69 Å². The Labute approximate surface area is 216 Å². The topological polar surface area (TPSA) is 188 Å². The van der Waals surface area contributed by atoms with Gasteiger partial charge in [0.25, 0.3) is 10.0 Å². The first-order valence-electron chi connectivity index (χ1n) is 10.5. The summed E-state index contributed by atoms with van der Waals surface area (Å²) in [6, 6.07) is 9.73. The lowest BCUT2D eigenvalue weighted by molar-refractivity contribution is -0.115. The molecule has 0 saturated carbocycles. The number of nitriles is 2. The van der Waals surface area contributed by atoms with Crippen LogP contribution in [0.25, 0.3) is 0 Å². The molecule has 3 rings (SSSR count). The predicted molar refractivity (Wildman–Crippen MR) is 138 cm³/mol. The molecule has 0 spiro atoms. The van der Waals surface area contributed by atoms with Crippen LogP contribution < -0.4 is 15.8 Å². The van der Waals surface area contributed by atoms with Gasteiger partial charge in [-0.15, -0.1) is 10.2 Å². The van der Waals surface area contributed by atoms with Crippen molar-refractivity contribution in [1.82, 2.24) is 15.2 Å². The third-order valence-electron chi connectivity index (χ3n) is 4.87. The van der Waals surface area contributed by atoms with Crippen molar-refractivity contribution in [2.75, 3.05) is 15.8 Å². The van der Waals surface area contributed by atoms with Crippen molar-refractivity contribution in [1.29, 1.82) is 10.5 Å². The number of nitrogens with two attached hydrogens (primary N) is 1. The summed E-state index contributed by atoms with van der Waals surface area (Å²) in [5, 5.41) is 29.8. The molecule has 0 bridgehead atoms. The van der Waals surface area contributed by atoms with E-state index < -0.39 is 21.2 Å². The van der Waals surface area contributed by atoms with E-state index in [9.17, 15) is 23.7 Å². The highest BCUT2D eigenvalue weighted by atomic mass is 32.2. The van der Waals surface area contributed by atoms with Crippen LogP contribution in [-0.4, -0.2) is 34.8 Å². The number of hydrogen-bond donors (Lipinski definition) is 3. The van der Waals surface area contributed by atoms with Crippen LogP contribution >= 0.6 is 23.1 Å². The number of amides is 1. The number of aromatic nitrogens is 3. The Morgan fingerprint density at radius 2 is 1.75 bits per heavy atom. The zero-order chi connectivity index (χ0) is 26.6. The lowest BCUT2D eigenvalue weighted by Gasteiger charge is -2.17. The van der Waals surface area contributed by atoms with E-state index in [1.54, 1.807) is 13.8 Å². The number of benzene rings is 1. The minimum absolute atomic E-state index is 0.00408. The molecule has 14 heteroatoms. The van der Waals surface area contributed by atoms with Gasteiger partial charge in [0.1, 0.15) is 28.0 Å². The van der Waals surface area contributed by atoms with Crippen molar-refractivity contribution in [2.45, 2.75) is 48.8 Å². The van der Waals surface area contributed by atoms with Crippen LogP contribution in [0.2, 0.25) is 0 Å². The smallest absolute Gasteiger partial charge is 0.263 e. The van der Waals surface area contributed by atoms with Crippen LogP contribution in [0, 0.1) is 29.6 Å². The van der Waals surface area contributed by atoms with E-state index >= 15 is 0 Å². The van der Waals surface area contributed by atoms with Crippen LogP contribution in [0.15, 0.2) is 34.2 Å². The van der Waals surface area contributed by atoms with Gasteiger partial charge in [0.05, 0.1) is 21.3 Å². The molecule has 3 aromatic rings. The molecule has 1 atom stereocenters. The van der Waals surface area contributed by atoms with Gasteiger partial charge in [-0.1, -0.05) is 36.9 Å². The zero-order valence-corrected chi connectivity index (χ0v) is 22.2. The summed E-state index contributed by atoms with van der Waals surface area (Å²) in [6.45, 7) is 7.03. The average molecular weight is 543 g/mol. The monoisotopic (exact) mass is 542 g/mol. The highest BCUT2D eigenvalue weighted by Crippen LogP contribution is 2.35. The summed E-state index contributed by atoms with van der Waals surface area (Å²) in [7, 11) is -3.86. The SMILES string of the molecule is Cc1nnc(NS(=O)(=O)c2ccc(NC(=O)C(C)Sc3nc(N)c(C#N)c(C(C)C)c3C#N)cc2)s1. The van der Waals surface area contributed by atoms with E-state index in [0.717, 1.165) is 23.1 Å². The Hall–Kier alpha value is -3.72. The van der Waals surface area contributed by atoms with Crippen LogP contribution in [0.5, 0.6) is 0 Å². The second-order valence-corrected chi connectivity index (χ2v) is 12.0. The van der Waals surface area contributed by atoms with Gasteiger partial charge in [-0.25, -0.2) is 13.4 Å². The third-order valence-corrected chi connectivity index (χ3v) is 8.19. The highest BCUT2D eigenvalue weighted by molar-refractivity contribution is 8.00. The Balaban J connectivity index is 1.74. The molecule has 2 aromatic heterocycles. The van der Waals surface area contributed by atoms with Crippen LogP contribution in [0.4, 0.5) is 16.6 Å². The zero-order valence-electron chi connectivity index (χ0n) is 19.7. The van der Waals surface area contributed by atoms with Crippen LogP contribution in [-0.2, 0) is 14.8 Å². The summed E-state index contributed by atoms with van der Waals surface area (Å²) < 4.78 is 27.4. The Morgan fingerprint density at radius 3 is 2.28 bits per heavy atom. The second-order valence-electron chi connectivity index (χ2n) is 7.85. The largest absolute Gasteiger partial charge is 0.383 e. The van der Waals surface area contributed by atoms with E-state index in [1.807, 2.05) is 19.9 Å². The number of nitrogens with zero attached hydrogens (tertiary/aromatic N) is 5. The molecule has 1 aromatic carbocycles. The van der Waals surface area contributed by atoms with E-state index in [2.05, 4.69) is 31.3 Å². The number of nitrogen functional groups attached to an aromatic ring is 1. The molecule has 2 heterocycles. The molecule has 186 valence electrons. The lowest BCUT2D eigenvalue weighted by Crippen LogP contribution is -2.23. The molecule has 0 aliphatic carbocycles. The molecule has 0 saturated heterocycles. The number of nitrogens with one attached hydrogen (secondary N) is 2. The molecule has 0 radical (unpaired) electrons. The highest BCUT2D eigenvalue weighted by Gasteiger charge is 2.25. The Kier molecular flexibility index (Phi) is 8.14. The summed E-state index contributed by atoms with van der Waals surface area (Å²) in [5.74, 6) is -0.537. The Bertz CT molecular complexity index is 1490. The molecular weight excluding hydrogens is 520 g/mol. The number of sulfonamides is 1. The fourth-order valence-electron chi connectivity index (χ4n) is 3.18. The van der Waals surface area contributed by atoms with Crippen molar-refractivity contribution < 1.29 is 13.2 Å². The van der Waals surface area contributed by atoms with Gasteiger partial charge in [-0.05, 0) is 49.6 Å². The van der Waals surface area contributed by atoms with Gasteiger partial charge in [0.2, 0.25) is 11.0 Å². The number of anilines is 3. The normalized spacial score (nSPS) is 12.0. The summed E-state index contributed by atoms with van der Waals surface area (Å²) in [5.41, 5.74) is 7.21. The number of aryl methyl sites for hydroxylation is 1. The minimum Gasteiger partial charge on any atom is -0.383 e. The number of hydrogen-bond acceptors (Lipinski definition) is 11. The van der Waals surface area contributed by atoms with Gasteiger partial charge in [-0.2, -0.15) is 10.5 Å². The molecule has 0 fully saturated rings. The molecular formula is C22H22N8O3S3. The van der Waals surface area contributed by atoms with E-state index in [1.165, 1.54) is 24.3 Å². The first-order chi connectivity index (χ1) is 17.0. The second kappa shape index (κ2) is 10.9. The maximum atomic E-state index is 12.8. The quantitative estimate of drug-likeness (QED) is 0.355. The van der Waals surface area contributed by atoms with Crippen LogP contribution in [0.3, 0.4) is 0 Å². The summed E-state index contributed by atoms with van der Waals surface area (Å²) >= 11 is 2.16. The van der Waals surface area contributed by atoms with E-state index in [4.69, 9.17) is 5.73 Å². The van der Waals surface area contributed by atoms with Gasteiger partial charge in [0.15, 0.2) is 0 Å². The number of pyridine rings is 1. The van der Waals surface area contributed by atoms with Crippen molar-refractivity contribution in [3.8, 4) is 12.1 Å². The summed E-state index contributed by atoms with van der Waals surface area (Å²) in [6.07, 6.45) is 0. The fraction of sp³-hybridized carbons (Fsp3) is 0.273. The molecule has 11 nitrogen and oxygen atoms in total. The predicted octanol–water partition coefficient (Wildman–Crippen LogP) is 3.61. The Morgan fingerprint density at radius 1 is 1.11 bits per heavy atom. The van der Waals surface area contributed by atoms with Crippen LogP contribution in [0.1, 0.15) is 48.4 Å². The van der Waals surface area contributed by atoms with Crippen molar-refractivity contribution >= 4 is 55.7 Å². The molecule has 1 unspecified atom stereocenters. The molecule has 36 heavy (non-hydrogen) atoms. The minimum atomic E-state index is -3.86. The van der Waals surface area contributed by atoms with E-state index in [0.29, 0.717) is 16.3 Å². The maximum absolute atomic E-state index is 12.8. The van der Waals surface area contributed by atoms with Crippen molar-refractivity contribution in [3.05, 3.63) is 46.0 Å². The molecule has 0 aliphatic heterocycles. The molecule has 4 N–H and O–H groups in total. The van der Waals surface area contributed by atoms with Crippen molar-refractivity contribution in [3.63, 3.8) is 0 Å². The number of rotatable bonds is 8. The molecule has 0 aliphatic rings. The number of carbonyl (C=O) groups excluding carboxylic acids is 1. The first-order valence-corrected chi connectivity index (χ1v) is 13.7. The number of thioether (sulfide) groups is 1. The summed E-state index contributed by atoms with van der Waals surface area (Å²) in [4.78, 5) is 17.0. The third kappa shape index (κ3) is 5.91.